The third-order valence-electron chi connectivity index (χ3n) is 6.69. The highest BCUT2D eigenvalue weighted by molar-refractivity contribution is 7.99. The number of methoxy groups -OCH3 is 1. The van der Waals surface area contributed by atoms with Gasteiger partial charge in [-0.1, -0.05) is 11.8 Å². The van der Waals surface area contributed by atoms with Gasteiger partial charge in [0.05, 0.1) is 12.8 Å². The third kappa shape index (κ3) is 5.75. The number of benzene rings is 2. The Hall–Kier alpha value is -2.96. The normalized spacial score (nSPS) is 17.7. The van der Waals surface area contributed by atoms with Gasteiger partial charge in [0.15, 0.2) is 6.19 Å². The fraction of sp³-hybridized carbons (Fsp3) is 0.440. The van der Waals surface area contributed by atoms with Gasteiger partial charge in [0.25, 0.3) is 0 Å². The molecule has 4 rings (SSSR count). The van der Waals surface area contributed by atoms with Gasteiger partial charge < -0.3 is 14.5 Å². The lowest BCUT2D eigenvalue weighted by Crippen LogP contribution is -2.51. The van der Waals surface area contributed by atoms with Gasteiger partial charge in [-0.2, -0.15) is 5.26 Å². The highest BCUT2D eigenvalue weighted by Gasteiger charge is 2.32. The van der Waals surface area contributed by atoms with Crippen molar-refractivity contribution >= 4 is 23.5 Å². The molecule has 34 heavy (non-hydrogen) atoms. The van der Waals surface area contributed by atoms with Gasteiger partial charge in [0.1, 0.15) is 5.75 Å². The van der Waals surface area contributed by atoms with Crippen LogP contribution in [0, 0.1) is 11.5 Å². The lowest BCUT2D eigenvalue weighted by atomic mass is 9.97. The summed E-state index contributed by atoms with van der Waals surface area (Å²) in [6.45, 7) is 2.84. The van der Waals surface area contributed by atoms with Gasteiger partial charge in [-0.25, -0.2) is 9.74 Å². The van der Waals surface area contributed by atoms with Gasteiger partial charge in [0.2, 0.25) is 0 Å². The molecule has 0 atom stereocenters. The Morgan fingerprint density at radius 3 is 2.12 bits per heavy atom. The summed E-state index contributed by atoms with van der Waals surface area (Å²) in [5.41, 5.74) is 0.915. The molecule has 0 radical (unpaired) electrons. The molecule has 2 saturated heterocycles. The maximum absolute atomic E-state index is 12.1. The summed E-state index contributed by atoms with van der Waals surface area (Å²) in [4.78, 5) is 22.6. The zero-order valence-corrected chi connectivity index (χ0v) is 20.0. The van der Waals surface area contributed by atoms with Crippen molar-refractivity contribution in [3.05, 3.63) is 48.5 Å². The quantitative estimate of drug-likeness (QED) is 0.418. The molecule has 0 aliphatic carbocycles. The third-order valence-corrected chi connectivity index (χ3v) is 7.70. The number of likely N-dealkylation sites (tertiary alicyclic amines) is 2. The molecule has 1 amide bonds. The minimum absolute atomic E-state index is 0.169. The topological polar surface area (TPSA) is 69.0 Å². The van der Waals surface area contributed by atoms with E-state index in [2.05, 4.69) is 28.2 Å². The Balaban J connectivity index is 1.29. The summed E-state index contributed by atoms with van der Waals surface area (Å²) in [6.07, 6.45) is 4.94. The van der Waals surface area contributed by atoms with Crippen molar-refractivity contribution in [1.29, 1.82) is 5.26 Å². The predicted molar refractivity (Wildman–Crippen MR) is 128 cm³/mol. The Morgan fingerprint density at radius 2 is 1.59 bits per heavy atom. The summed E-state index contributed by atoms with van der Waals surface area (Å²) >= 11 is 1.67. The number of carbonyl (C=O) groups excluding carboxylic acids is 1. The number of halogens is 1. The Morgan fingerprint density at radius 1 is 1.00 bits per heavy atom. The molecule has 7 nitrogen and oxygen atoms in total. The van der Waals surface area contributed by atoms with E-state index in [4.69, 9.17) is 4.74 Å². The van der Waals surface area contributed by atoms with E-state index in [9.17, 15) is 14.6 Å². The summed E-state index contributed by atoms with van der Waals surface area (Å²) in [6, 6.07) is 16.6. The van der Waals surface area contributed by atoms with Crippen LogP contribution in [0.5, 0.6) is 5.75 Å². The van der Waals surface area contributed by atoms with E-state index in [0.717, 1.165) is 60.0 Å². The van der Waals surface area contributed by atoms with Crippen LogP contribution in [-0.2, 0) is 4.94 Å². The van der Waals surface area contributed by atoms with Crippen molar-refractivity contribution in [2.45, 2.75) is 47.6 Å². The van der Waals surface area contributed by atoms with Crippen LogP contribution in [0.25, 0.3) is 0 Å². The maximum Gasteiger partial charge on any atom is 0.447 e. The number of hydrogen-bond donors (Lipinski definition) is 0. The second-order valence-corrected chi connectivity index (χ2v) is 9.72. The molecule has 0 aromatic heterocycles. The standard InChI is InChI=1S/C25H29FN4O3S/c1-32-22-4-8-24(9-5-22)34-23-6-2-20(3-7-23)30(18-27)21-12-14-28(15-13-21)19-10-16-29(17-11-19)25(31)33-26/h2-9,19,21H,10-17H2,1H3. The lowest BCUT2D eigenvalue weighted by molar-refractivity contribution is -0.0831. The number of amides is 1. The minimum Gasteiger partial charge on any atom is -0.497 e. The van der Waals surface area contributed by atoms with Crippen LogP contribution in [0.15, 0.2) is 58.3 Å². The summed E-state index contributed by atoms with van der Waals surface area (Å²) < 4.78 is 17.3. The summed E-state index contributed by atoms with van der Waals surface area (Å²) in [5.74, 6) is 0.836. The smallest absolute Gasteiger partial charge is 0.447 e. The van der Waals surface area contributed by atoms with Gasteiger partial charge >= 0.3 is 6.09 Å². The molecule has 9 heteroatoms. The maximum atomic E-state index is 12.1. The minimum atomic E-state index is -0.893. The van der Waals surface area contributed by atoms with Crippen molar-refractivity contribution in [3.63, 3.8) is 0 Å². The first kappa shape index (κ1) is 24.2. The number of nitrogens with zero attached hydrogens (tertiary/aromatic N) is 4. The van der Waals surface area contributed by atoms with E-state index < -0.39 is 6.09 Å². The molecule has 2 aromatic rings. The fourth-order valence-electron chi connectivity index (χ4n) is 4.78. The van der Waals surface area contributed by atoms with Crippen LogP contribution in [0.1, 0.15) is 25.7 Å². The number of anilines is 1. The van der Waals surface area contributed by atoms with Gasteiger partial charge in [-0.3, -0.25) is 4.90 Å². The second kappa shape index (κ2) is 11.4. The van der Waals surface area contributed by atoms with Crippen LogP contribution in [0.3, 0.4) is 0 Å². The first-order valence-corrected chi connectivity index (χ1v) is 12.4. The van der Waals surface area contributed by atoms with E-state index in [1.165, 1.54) is 4.90 Å². The number of carbonyl (C=O) groups is 1. The number of ether oxygens (including phenoxy) is 1. The Labute approximate surface area is 203 Å². The van der Waals surface area contributed by atoms with E-state index >= 15 is 0 Å². The number of nitriles is 1. The van der Waals surface area contributed by atoms with Crippen LogP contribution < -0.4 is 9.64 Å². The number of piperidine rings is 2. The van der Waals surface area contributed by atoms with E-state index in [0.29, 0.717) is 19.1 Å². The summed E-state index contributed by atoms with van der Waals surface area (Å²) in [5, 5.41) is 9.87. The highest BCUT2D eigenvalue weighted by Crippen LogP contribution is 2.32. The fourth-order valence-corrected chi connectivity index (χ4v) is 5.59. The Kier molecular flexibility index (Phi) is 8.14. The molecular weight excluding hydrogens is 455 g/mol. The molecule has 2 fully saturated rings. The lowest BCUT2D eigenvalue weighted by Gasteiger charge is -2.42. The second-order valence-electron chi connectivity index (χ2n) is 8.57. The molecule has 2 aliphatic heterocycles. The van der Waals surface area contributed by atoms with Crippen LogP contribution in [0.2, 0.25) is 0 Å². The largest absolute Gasteiger partial charge is 0.497 e. The molecule has 2 heterocycles. The van der Waals surface area contributed by atoms with Crippen LogP contribution in [-0.4, -0.2) is 61.3 Å². The highest BCUT2D eigenvalue weighted by atomic mass is 32.2. The first-order chi connectivity index (χ1) is 16.6. The molecule has 0 unspecified atom stereocenters. The molecule has 0 N–H and O–H groups in total. The molecule has 2 aliphatic rings. The van der Waals surface area contributed by atoms with Crippen molar-refractivity contribution in [1.82, 2.24) is 9.80 Å². The van der Waals surface area contributed by atoms with Crippen molar-refractivity contribution in [2.24, 2.45) is 0 Å². The first-order valence-electron chi connectivity index (χ1n) is 11.5. The van der Waals surface area contributed by atoms with E-state index in [1.54, 1.807) is 18.9 Å². The van der Waals surface area contributed by atoms with Crippen molar-refractivity contribution < 1.29 is 19.0 Å². The van der Waals surface area contributed by atoms with Gasteiger partial charge in [0, 0.05) is 52.6 Å². The SMILES string of the molecule is COc1ccc(Sc2ccc(N(C#N)C3CCN(C4CCN(C(=O)OF)CC4)CC3)cc2)cc1. The van der Waals surface area contributed by atoms with Gasteiger partial charge in [-0.05, 0) is 74.2 Å². The molecule has 0 saturated carbocycles. The molecule has 180 valence electrons. The predicted octanol–water partition coefficient (Wildman–Crippen LogP) is 5.08. The molecule has 2 aromatic carbocycles. The number of rotatable bonds is 6. The molecular formula is C25H29FN4O3S. The average molecular weight is 485 g/mol. The summed E-state index contributed by atoms with van der Waals surface area (Å²) in [7, 11) is 1.66. The Bertz CT molecular complexity index is 983. The van der Waals surface area contributed by atoms with Gasteiger partial charge in [-0.15, -0.1) is 0 Å². The van der Waals surface area contributed by atoms with Crippen LogP contribution >= 0.6 is 11.8 Å². The number of hydrogen-bond acceptors (Lipinski definition) is 7. The van der Waals surface area contributed by atoms with Crippen molar-refractivity contribution in [2.75, 3.05) is 38.2 Å². The zero-order valence-electron chi connectivity index (χ0n) is 19.2. The average Bonchev–Trinajstić information content (AvgIpc) is 2.90. The van der Waals surface area contributed by atoms with Crippen molar-refractivity contribution in [3.8, 4) is 11.9 Å². The molecule has 0 bridgehead atoms. The zero-order chi connectivity index (χ0) is 23.9. The van der Waals surface area contributed by atoms with E-state index in [1.807, 2.05) is 41.3 Å². The molecule has 0 spiro atoms. The monoisotopic (exact) mass is 484 g/mol. The van der Waals surface area contributed by atoms with Crippen LogP contribution in [0.4, 0.5) is 15.0 Å². The van der Waals surface area contributed by atoms with E-state index in [-0.39, 0.29) is 6.04 Å².